The van der Waals surface area contributed by atoms with Gasteiger partial charge in [0.1, 0.15) is 0 Å². The van der Waals surface area contributed by atoms with Gasteiger partial charge in [0, 0.05) is 6.04 Å². The van der Waals surface area contributed by atoms with Crippen molar-refractivity contribution in [1.82, 2.24) is 5.32 Å². The van der Waals surface area contributed by atoms with Gasteiger partial charge in [-0.05, 0) is 49.9 Å². The Morgan fingerprint density at radius 1 is 0.857 bits per heavy atom. The van der Waals surface area contributed by atoms with Crippen LogP contribution in [0.25, 0.3) is 0 Å². The average molecular weight is 281 g/mol. The van der Waals surface area contributed by atoms with Crippen LogP contribution in [0.15, 0.2) is 42.5 Å². The summed E-state index contributed by atoms with van der Waals surface area (Å²) in [6.07, 6.45) is 1.03. The number of aryl methyl sites for hydroxylation is 2. The van der Waals surface area contributed by atoms with E-state index in [1.807, 2.05) is 7.05 Å². The van der Waals surface area contributed by atoms with Gasteiger partial charge in [-0.1, -0.05) is 67.4 Å². The molecule has 0 spiro atoms. The molecule has 0 fully saturated rings. The zero-order valence-electron chi connectivity index (χ0n) is 13.9. The Morgan fingerprint density at radius 3 is 1.90 bits per heavy atom. The van der Waals surface area contributed by atoms with Gasteiger partial charge in [-0.25, -0.2) is 0 Å². The van der Waals surface area contributed by atoms with Crippen LogP contribution in [0.5, 0.6) is 0 Å². The molecule has 2 aromatic rings. The van der Waals surface area contributed by atoms with Crippen molar-refractivity contribution in [2.24, 2.45) is 0 Å². The van der Waals surface area contributed by atoms with Gasteiger partial charge in [-0.2, -0.15) is 0 Å². The third-order valence-electron chi connectivity index (χ3n) is 4.08. The van der Waals surface area contributed by atoms with E-state index in [-0.39, 0.29) is 0 Å². The Bertz CT molecular complexity index is 561. The highest BCUT2D eigenvalue weighted by Crippen LogP contribution is 2.22. The molecule has 1 unspecified atom stereocenters. The van der Waals surface area contributed by atoms with Crippen LogP contribution in [0.3, 0.4) is 0 Å². The highest BCUT2D eigenvalue weighted by atomic mass is 14.9. The number of rotatable bonds is 5. The predicted molar refractivity (Wildman–Crippen MR) is 92.0 cm³/mol. The quantitative estimate of drug-likeness (QED) is 0.819. The number of benzene rings is 2. The molecule has 21 heavy (non-hydrogen) atoms. The van der Waals surface area contributed by atoms with Crippen molar-refractivity contribution in [3.05, 3.63) is 70.3 Å². The van der Waals surface area contributed by atoms with Gasteiger partial charge in [-0.3, -0.25) is 0 Å². The number of hydrogen-bond acceptors (Lipinski definition) is 1. The molecule has 112 valence electrons. The molecular formula is C20H27N. The van der Waals surface area contributed by atoms with Crippen LogP contribution >= 0.6 is 0 Å². The Kier molecular flexibility index (Phi) is 5.19. The second kappa shape index (κ2) is 6.91. The molecule has 1 atom stereocenters. The SMILES string of the molecule is CNC(Cc1ccc(C(C)C)cc1)c1cc(C)cc(C)c1. The fourth-order valence-electron chi connectivity index (χ4n) is 2.87. The molecule has 0 bridgehead atoms. The lowest BCUT2D eigenvalue weighted by Crippen LogP contribution is -2.19. The summed E-state index contributed by atoms with van der Waals surface area (Å²) < 4.78 is 0. The van der Waals surface area contributed by atoms with Crippen LogP contribution in [0.4, 0.5) is 0 Å². The molecule has 0 aromatic heterocycles. The maximum absolute atomic E-state index is 3.46. The topological polar surface area (TPSA) is 12.0 Å². The van der Waals surface area contributed by atoms with Gasteiger partial charge in [0.25, 0.3) is 0 Å². The summed E-state index contributed by atoms with van der Waals surface area (Å²) in [6, 6.07) is 16.2. The Hall–Kier alpha value is -1.60. The standard InChI is InChI=1S/C20H27N/c1-14(2)18-8-6-17(7-9-18)13-20(21-5)19-11-15(3)10-16(4)12-19/h6-12,14,20-21H,13H2,1-5H3. The van der Waals surface area contributed by atoms with Crippen molar-refractivity contribution in [1.29, 1.82) is 0 Å². The van der Waals surface area contributed by atoms with Crippen molar-refractivity contribution in [3.63, 3.8) is 0 Å². The minimum Gasteiger partial charge on any atom is -0.313 e. The highest BCUT2D eigenvalue weighted by Gasteiger charge is 2.11. The lowest BCUT2D eigenvalue weighted by Gasteiger charge is -2.18. The van der Waals surface area contributed by atoms with Crippen molar-refractivity contribution in [2.45, 2.75) is 46.1 Å². The Balaban J connectivity index is 2.18. The number of hydrogen-bond donors (Lipinski definition) is 1. The van der Waals surface area contributed by atoms with Gasteiger partial charge in [0.15, 0.2) is 0 Å². The summed E-state index contributed by atoms with van der Waals surface area (Å²) >= 11 is 0. The summed E-state index contributed by atoms with van der Waals surface area (Å²) in [4.78, 5) is 0. The normalized spacial score (nSPS) is 12.7. The van der Waals surface area contributed by atoms with E-state index >= 15 is 0 Å². The van der Waals surface area contributed by atoms with E-state index in [0.29, 0.717) is 12.0 Å². The van der Waals surface area contributed by atoms with Crippen LogP contribution < -0.4 is 5.32 Å². The summed E-state index contributed by atoms with van der Waals surface area (Å²) in [7, 11) is 2.05. The van der Waals surface area contributed by atoms with Crippen LogP contribution in [-0.4, -0.2) is 7.05 Å². The average Bonchev–Trinajstić information content (AvgIpc) is 2.44. The summed E-state index contributed by atoms with van der Waals surface area (Å²) in [5.41, 5.74) is 6.84. The lowest BCUT2D eigenvalue weighted by atomic mass is 9.94. The van der Waals surface area contributed by atoms with E-state index in [9.17, 15) is 0 Å². The van der Waals surface area contributed by atoms with Gasteiger partial charge >= 0.3 is 0 Å². The van der Waals surface area contributed by atoms with Crippen molar-refractivity contribution in [2.75, 3.05) is 7.05 Å². The zero-order valence-corrected chi connectivity index (χ0v) is 13.9. The Labute approximate surface area is 129 Å². The van der Waals surface area contributed by atoms with Gasteiger partial charge < -0.3 is 5.32 Å². The lowest BCUT2D eigenvalue weighted by molar-refractivity contribution is 0.591. The molecule has 0 heterocycles. The molecule has 0 saturated heterocycles. The fraction of sp³-hybridized carbons (Fsp3) is 0.400. The summed E-state index contributed by atoms with van der Waals surface area (Å²) in [6.45, 7) is 8.81. The second-order valence-corrected chi connectivity index (χ2v) is 6.36. The van der Waals surface area contributed by atoms with Crippen LogP contribution in [0.1, 0.15) is 53.6 Å². The van der Waals surface area contributed by atoms with Crippen LogP contribution in [0, 0.1) is 13.8 Å². The number of likely N-dealkylation sites (N-methyl/N-ethyl adjacent to an activating group) is 1. The Morgan fingerprint density at radius 2 is 1.43 bits per heavy atom. The first kappa shape index (κ1) is 15.8. The molecule has 0 amide bonds. The maximum Gasteiger partial charge on any atom is 0.0358 e. The highest BCUT2D eigenvalue weighted by molar-refractivity contribution is 5.32. The first-order valence-corrected chi connectivity index (χ1v) is 7.84. The van der Waals surface area contributed by atoms with Crippen molar-refractivity contribution in [3.8, 4) is 0 Å². The summed E-state index contributed by atoms with van der Waals surface area (Å²) in [5, 5.41) is 3.46. The van der Waals surface area contributed by atoms with E-state index in [1.54, 1.807) is 0 Å². The van der Waals surface area contributed by atoms with Gasteiger partial charge in [0.2, 0.25) is 0 Å². The van der Waals surface area contributed by atoms with Crippen molar-refractivity contribution >= 4 is 0 Å². The first-order valence-electron chi connectivity index (χ1n) is 7.84. The molecule has 2 rings (SSSR count). The molecule has 1 N–H and O–H groups in total. The maximum atomic E-state index is 3.46. The van der Waals surface area contributed by atoms with Crippen LogP contribution in [-0.2, 0) is 6.42 Å². The van der Waals surface area contributed by atoms with Crippen LogP contribution in [0.2, 0.25) is 0 Å². The third-order valence-corrected chi connectivity index (χ3v) is 4.08. The van der Waals surface area contributed by atoms with Gasteiger partial charge in [0.05, 0.1) is 0 Å². The largest absolute Gasteiger partial charge is 0.313 e. The first-order chi connectivity index (χ1) is 9.99. The fourth-order valence-corrected chi connectivity index (χ4v) is 2.87. The minimum atomic E-state index is 0.369. The van der Waals surface area contributed by atoms with E-state index < -0.39 is 0 Å². The molecule has 0 saturated carbocycles. The third kappa shape index (κ3) is 4.18. The molecule has 1 heteroatoms. The molecule has 2 aromatic carbocycles. The van der Waals surface area contributed by atoms with Gasteiger partial charge in [-0.15, -0.1) is 0 Å². The molecule has 0 aliphatic heterocycles. The van der Waals surface area contributed by atoms with E-state index in [0.717, 1.165) is 6.42 Å². The number of nitrogens with one attached hydrogen (secondary N) is 1. The second-order valence-electron chi connectivity index (χ2n) is 6.36. The molecule has 0 radical (unpaired) electrons. The van der Waals surface area contributed by atoms with E-state index in [4.69, 9.17) is 0 Å². The minimum absolute atomic E-state index is 0.369. The zero-order chi connectivity index (χ0) is 15.4. The monoisotopic (exact) mass is 281 g/mol. The summed E-state index contributed by atoms with van der Waals surface area (Å²) in [5.74, 6) is 0.596. The van der Waals surface area contributed by atoms with Crippen molar-refractivity contribution < 1.29 is 0 Å². The molecular weight excluding hydrogens is 254 g/mol. The molecule has 0 aliphatic rings. The van der Waals surface area contributed by atoms with E-state index in [1.165, 1.54) is 27.8 Å². The predicted octanol–water partition coefficient (Wildman–Crippen LogP) is 4.93. The van der Waals surface area contributed by atoms with E-state index in [2.05, 4.69) is 75.5 Å². The smallest absolute Gasteiger partial charge is 0.0358 e. The molecule has 0 aliphatic carbocycles. The molecule has 1 nitrogen and oxygen atoms in total.